The van der Waals surface area contributed by atoms with Gasteiger partial charge in [0.1, 0.15) is 5.75 Å². The number of likely N-dealkylation sites (N-methyl/N-ethyl adjacent to an activating group) is 1. The molecule has 1 aromatic carbocycles. The normalized spacial score (nSPS) is 16.8. The predicted molar refractivity (Wildman–Crippen MR) is 163 cm³/mol. The highest BCUT2D eigenvalue weighted by molar-refractivity contribution is 7.22. The number of ether oxygens (including phenoxy) is 1. The zero-order valence-electron chi connectivity index (χ0n) is 23.8. The van der Waals surface area contributed by atoms with Crippen molar-refractivity contribution in [3.63, 3.8) is 0 Å². The molecule has 1 saturated heterocycles. The first kappa shape index (κ1) is 29.0. The maximum absolute atomic E-state index is 14.9. The number of urea groups is 1. The highest BCUT2D eigenvalue weighted by Crippen LogP contribution is 2.39. The van der Waals surface area contributed by atoms with Crippen LogP contribution in [0, 0.1) is 5.82 Å². The minimum Gasteiger partial charge on any atom is -0.453 e. The summed E-state index contributed by atoms with van der Waals surface area (Å²) in [5.41, 5.74) is 2.84. The third-order valence-corrected chi connectivity index (χ3v) is 8.78. The van der Waals surface area contributed by atoms with Crippen LogP contribution in [0.5, 0.6) is 11.5 Å². The molecule has 12 heteroatoms. The quantitative estimate of drug-likeness (QED) is 0.233. The van der Waals surface area contributed by atoms with Gasteiger partial charge in [-0.3, -0.25) is 19.7 Å². The SMILES string of the molecule is CN(CCO)C(=O)[C@@H]1CCCN1Cc1ccc(-c2cc3nccc(Oc4ccc(NC(=O)NC5CC5)cc4F)c3s2)nc1. The number of thiophene rings is 1. The number of nitrogens with zero attached hydrogens (tertiary/aromatic N) is 4. The lowest BCUT2D eigenvalue weighted by Crippen LogP contribution is -2.44. The van der Waals surface area contributed by atoms with Gasteiger partial charge < -0.3 is 25.4 Å². The lowest BCUT2D eigenvalue weighted by Gasteiger charge is -2.27. The van der Waals surface area contributed by atoms with Gasteiger partial charge in [-0.2, -0.15) is 0 Å². The van der Waals surface area contributed by atoms with E-state index in [0.29, 0.717) is 30.0 Å². The zero-order chi connectivity index (χ0) is 29.9. The highest BCUT2D eigenvalue weighted by Gasteiger charge is 2.32. The molecule has 1 aliphatic carbocycles. The van der Waals surface area contributed by atoms with Gasteiger partial charge in [-0.25, -0.2) is 9.18 Å². The lowest BCUT2D eigenvalue weighted by molar-refractivity contribution is -0.135. The first-order valence-corrected chi connectivity index (χ1v) is 15.2. The van der Waals surface area contributed by atoms with E-state index in [2.05, 4.69) is 20.5 Å². The summed E-state index contributed by atoms with van der Waals surface area (Å²) in [6.45, 7) is 1.74. The van der Waals surface area contributed by atoms with Crippen molar-refractivity contribution in [2.45, 2.75) is 44.3 Å². The molecule has 10 nitrogen and oxygen atoms in total. The van der Waals surface area contributed by atoms with E-state index in [-0.39, 0.29) is 36.4 Å². The van der Waals surface area contributed by atoms with Crippen molar-refractivity contribution in [3.8, 4) is 22.1 Å². The van der Waals surface area contributed by atoms with Crippen LogP contribution in [-0.2, 0) is 11.3 Å². The number of nitrogens with one attached hydrogen (secondary N) is 2. The molecule has 3 amide bonds. The number of carbonyl (C=O) groups is 2. The van der Waals surface area contributed by atoms with Gasteiger partial charge in [0, 0.05) is 56.4 Å². The number of aliphatic hydroxyl groups excluding tert-OH is 1. The van der Waals surface area contributed by atoms with Gasteiger partial charge in [-0.1, -0.05) is 6.07 Å². The number of pyridine rings is 2. The van der Waals surface area contributed by atoms with E-state index < -0.39 is 5.82 Å². The maximum Gasteiger partial charge on any atom is 0.319 e. The largest absolute Gasteiger partial charge is 0.453 e. The minimum atomic E-state index is -0.592. The molecular formula is C31H33FN6O4S. The molecule has 2 aliphatic rings. The highest BCUT2D eigenvalue weighted by atomic mass is 32.1. The van der Waals surface area contributed by atoms with Crippen molar-refractivity contribution in [2.75, 3.05) is 32.1 Å². The Hall–Kier alpha value is -4.13. The van der Waals surface area contributed by atoms with Crippen molar-refractivity contribution >= 4 is 39.2 Å². The summed E-state index contributed by atoms with van der Waals surface area (Å²) in [4.78, 5) is 38.6. The number of rotatable bonds is 10. The summed E-state index contributed by atoms with van der Waals surface area (Å²) in [5, 5.41) is 14.6. The van der Waals surface area contributed by atoms with Crippen molar-refractivity contribution in [2.24, 2.45) is 0 Å². The zero-order valence-corrected chi connectivity index (χ0v) is 24.6. The number of hydrogen-bond donors (Lipinski definition) is 3. The van der Waals surface area contributed by atoms with Crippen LogP contribution in [0.4, 0.5) is 14.9 Å². The Morgan fingerprint density at radius 2 is 2.00 bits per heavy atom. The number of carbonyl (C=O) groups excluding carboxylic acids is 2. The van der Waals surface area contributed by atoms with Gasteiger partial charge in [-0.05, 0) is 62.1 Å². The van der Waals surface area contributed by atoms with Crippen LogP contribution in [0.15, 0.2) is 54.9 Å². The molecule has 1 atom stereocenters. The predicted octanol–water partition coefficient (Wildman–Crippen LogP) is 4.99. The van der Waals surface area contributed by atoms with Crippen LogP contribution in [-0.4, -0.2) is 75.6 Å². The molecule has 3 aromatic heterocycles. The Labute approximate surface area is 252 Å². The van der Waals surface area contributed by atoms with Gasteiger partial charge in [0.05, 0.1) is 33.4 Å². The van der Waals surface area contributed by atoms with Crippen LogP contribution in [0.1, 0.15) is 31.2 Å². The lowest BCUT2D eigenvalue weighted by atomic mass is 10.1. The van der Waals surface area contributed by atoms with Crippen molar-refractivity contribution in [3.05, 3.63) is 66.2 Å². The van der Waals surface area contributed by atoms with Crippen LogP contribution in [0.3, 0.4) is 0 Å². The Balaban J connectivity index is 1.13. The van der Waals surface area contributed by atoms with Gasteiger partial charge in [0.2, 0.25) is 5.91 Å². The summed E-state index contributed by atoms with van der Waals surface area (Å²) in [7, 11) is 1.73. The first-order chi connectivity index (χ1) is 20.9. The standard InChI is InChI=1S/C31H33FN6O4S/c1-37(13-14-39)30(40)25-3-2-12-38(25)18-19-4-8-23(34-17-19)28-16-24-29(43-28)27(10-11-33-24)42-26-9-7-21(15-22(26)32)36-31(41)35-20-5-6-20/h4,7-11,15-17,20,25,39H,2-3,5-6,12-14,18H2,1H3,(H2,35,36,41)/t25-/m0/s1. The Bertz CT molecular complexity index is 1630. The van der Waals surface area contributed by atoms with Gasteiger partial charge in [0.15, 0.2) is 11.6 Å². The molecule has 6 rings (SSSR count). The second kappa shape index (κ2) is 12.6. The molecule has 224 valence electrons. The summed E-state index contributed by atoms with van der Waals surface area (Å²) >= 11 is 1.46. The minimum absolute atomic E-state index is 0.0377. The topological polar surface area (TPSA) is 120 Å². The number of likely N-dealkylation sites (tertiary alicyclic amines) is 1. The molecule has 4 aromatic rings. The van der Waals surface area contributed by atoms with E-state index in [9.17, 15) is 19.1 Å². The number of fused-ring (bicyclic) bond motifs is 1. The van der Waals surface area contributed by atoms with E-state index in [4.69, 9.17) is 9.72 Å². The van der Waals surface area contributed by atoms with E-state index in [0.717, 1.165) is 53.1 Å². The van der Waals surface area contributed by atoms with Crippen molar-refractivity contribution in [1.29, 1.82) is 0 Å². The maximum atomic E-state index is 14.9. The number of aromatic nitrogens is 2. The molecule has 0 spiro atoms. The molecule has 3 N–H and O–H groups in total. The molecule has 0 bridgehead atoms. The van der Waals surface area contributed by atoms with Crippen LogP contribution in [0.2, 0.25) is 0 Å². The molecule has 0 radical (unpaired) electrons. The fourth-order valence-electron chi connectivity index (χ4n) is 5.19. The number of amides is 3. The van der Waals surface area contributed by atoms with Crippen molar-refractivity contribution in [1.82, 2.24) is 25.1 Å². The third-order valence-electron chi connectivity index (χ3n) is 7.62. The second-order valence-corrected chi connectivity index (χ2v) is 12.0. The van der Waals surface area contributed by atoms with Gasteiger partial charge in [-0.15, -0.1) is 11.3 Å². The average Bonchev–Trinajstić information content (AvgIpc) is 3.49. The summed E-state index contributed by atoms with van der Waals surface area (Å²) in [6, 6.07) is 11.6. The molecule has 2 fully saturated rings. The van der Waals surface area contributed by atoms with E-state index in [1.54, 1.807) is 30.3 Å². The van der Waals surface area contributed by atoms with Gasteiger partial charge in [0.25, 0.3) is 0 Å². The van der Waals surface area contributed by atoms with Crippen LogP contribution < -0.4 is 15.4 Å². The van der Waals surface area contributed by atoms with Gasteiger partial charge >= 0.3 is 6.03 Å². The number of anilines is 1. The third kappa shape index (κ3) is 6.76. The molecular weight excluding hydrogens is 571 g/mol. The molecule has 4 heterocycles. The molecule has 0 unspecified atom stereocenters. The Morgan fingerprint density at radius 1 is 1.14 bits per heavy atom. The van der Waals surface area contributed by atoms with Crippen LogP contribution in [0.25, 0.3) is 20.8 Å². The van der Waals surface area contributed by atoms with E-state index in [1.165, 1.54) is 23.5 Å². The monoisotopic (exact) mass is 604 g/mol. The summed E-state index contributed by atoms with van der Waals surface area (Å²) < 4.78 is 21.6. The Morgan fingerprint density at radius 3 is 2.74 bits per heavy atom. The van der Waals surface area contributed by atoms with E-state index in [1.807, 2.05) is 24.4 Å². The number of halogens is 1. The number of benzene rings is 1. The fourth-order valence-corrected chi connectivity index (χ4v) is 6.23. The average molecular weight is 605 g/mol. The summed E-state index contributed by atoms with van der Waals surface area (Å²) in [5.74, 6) is -0.0416. The van der Waals surface area contributed by atoms with E-state index >= 15 is 0 Å². The Kier molecular flexibility index (Phi) is 8.50. The number of aliphatic hydroxyl groups is 1. The van der Waals surface area contributed by atoms with Crippen molar-refractivity contribution < 1.29 is 23.8 Å². The molecule has 1 aliphatic heterocycles. The second-order valence-electron chi connectivity index (χ2n) is 10.9. The molecule has 1 saturated carbocycles. The first-order valence-electron chi connectivity index (χ1n) is 14.4. The van der Waals surface area contributed by atoms with Crippen LogP contribution >= 0.6 is 11.3 Å². The summed E-state index contributed by atoms with van der Waals surface area (Å²) in [6.07, 6.45) is 7.14. The fraction of sp³-hybridized carbons (Fsp3) is 0.355. The smallest absolute Gasteiger partial charge is 0.319 e. The number of hydrogen-bond acceptors (Lipinski definition) is 8. The molecule has 43 heavy (non-hydrogen) atoms.